The molecule has 0 amide bonds. The molecule has 0 radical (unpaired) electrons. The van der Waals surface area contributed by atoms with E-state index in [0.29, 0.717) is 29.5 Å². The third-order valence-electron chi connectivity index (χ3n) is 6.31. The fourth-order valence-corrected chi connectivity index (χ4v) is 4.43. The van der Waals surface area contributed by atoms with E-state index in [2.05, 4.69) is 35.1 Å². The van der Waals surface area contributed by atoms with Crippen molar-refractivity contribution in [2.24, 2.45) is 0 Å². The predicted molar refractivity (Wildman–Crippen MR) is 144 cm³/mol. The van der Waals surface area contributed by atoms with Crippen molar-refractivity contribution in [1.29, 1.82) is 0 Å². The van der Waals surface area contributed by atoms with E-state index in [-0.39, 0.29) is 0 Å². The Morgan fingerprint density at radius 1 is 0.737 bits per heavy atom. The largest absolute Gasteiger partial charge is 0.487 e. The van der Waals surface area contributed by atoms with E-state index in [0.717, 1.165) is 44.4 Å². The number of aromatic nitrogens is 8. The highest BCUT2D eigenvalue weighted by molar-refractivity contribution is 5.96. The van der Waals surface area contributed by atoms with Crippen molar-refractivity contribution in [2.45, 2.75) is 6.61 Å². The molecule has 0 saturated heterocycles. The van der Waals surface area contributed by atoms with Crippen LogP contribution in [0.5, 0.6) is 5.75 Å². The molecule has 0 aliphatic heterocycles. The monoisotopic (exact) mass is 496 g/mol. The third-order valence-corrected chi connectivity index (χ3v) is 6.31. The summed E-state index contributed by atoms with van der Waals surface area (Å²) in [5, 5.41) is 8.32. The molecule has 0 unspecified atom stereocenters. The summed E-state index contributed by atoms with van der Waals surface area (Å²) in [5.41, 5.74) is 7.60. The molecule has 182 valence electrons. The van der Waals surface area contributed by atoms with Crippen LogP contribution in [-0.2, 0) is 6.61 Å². The Balaban J connectivity index is 1.24. The van der Waals surface area contributed by atoms with E-state index in [1.165, 1.54) is 0 Å². The fraction of sp³-hybridized carbons (Fsp3) is 0.0345. The zero-order valence-electron chi connectivity index (χ0n) is 20.0. The van der Waals surface area contributed by atoms with Crippen molar-refractivity contribution in [3.63, 3.8) is 0 Å². The van der Waals surface area contributed by atoms with Gasteiger partial charge in [0.05, 0.1) is 17.1 Å². The number of nitrogens with zero attached hydrogens (tertiary/aromatic N) is 6. The summed E-state index contributed by atoms with van der Waals surface area (Å²) in [4.78, 5) is 25.8. The maximum absolute atomic E-state index is 5.97. The number of pyridine rings is 4. The van der Waals surface area contributed by atoms with Crippen LogP contribution >= 0.6 is 0 Å². The van der Waals surface area contributed by atoms with Gasteiger partial charge in [0.25, 0.3) is 0 Å². The minimum Gasteiger partial charge on any atom is -0.487 e. The molecule has 0 fully saturated rings. The molecule has 2 N–H and O–H groups in total. The molecule has 7 aromatic rings. The molecule has 6 aromatic heterocycles. The zero-order chi connectivity index (χ0) is 25.3. The first-order chi connectivity index (χ1) is 18.8. The number of rotatable bonds is 6. The summed E-state index contributed by atoms with van der Waals surface area (Å²) in [6.07, 6.45) is 10.6. The highest BCUT2D eigenvalue weighted by Crippen LogP contribution is 2.32. The maximum Gasteiger partial charge on any atom is 0.181 e. The van der Waals surface area contributed by atoms with Crippen LogP contribution in [0.15, 0.2) is 97.8 Å². The van der Waals surface area contributed by atoms with Crippen LogP contribution in [0.25, 0.3) is 56.0 Å². The molecule has 9 nitrogen and oxygen atoms in total. The van der Waals surface area contributed by atoms with E-state index in [4.69, 9.17) is 9.72 Å². The number of benzene rings is 1. The molecule has 0 saturated carbocycles. The van der Waals surface area contributed by atoms with Gasteiger partial charge in [0.15, 0.2) is 17.1 Å². The van der Waals surface area contributed by atoms with Crippen LogP contribution < -0.4 is 4.74 Å². The summed E-state index contributed by atoms with van der Waals surface area (Å²) in [7, 11) is 0. The maximum atomic E-state index is 5.97. The van der Waals surface area contributed by atoms with Gasteiger partial charge in [0.1, 0.15) is 18.1 Å². The van der Waals surface area contributed by atoms with Gasteiger partial charge >= 0.3 is 0 Å². The molecule has 0 atom stereocenters. The lowest BCUT2D eigenvalue weighted by atomic mass is 10.1. The van der Waals surface area contributed by atoms with Crippen molar-refractivity contribution in [2.75, 3.05) is 0 Å². The van der Waals surface area contributed by atoms with Crippen LogP contribution in [0.3, 0.4) is 0 Å². The first-order valence-corrected chi connectivity index (χ1v) is 12.0. The Kier molecular flexibility index (Phi) is 5.29. The van der Waals surface area contributed by atoms with Crippen molar-refractivity contribution in [3.05, 3.63) is 103 Å². The summed E-state index contributed by atoms with van der Waals surface area (Å²) in [5.74, 6) is 1.31. The van der Waals surface area contributed by atoms with Crippen molar-refractivity contribution >= 4 is 22.2 Å². The van der Waals surface area contributed by atoms with Crippen molar-refractivity contribution in [1.82, 2.24) is 40.1 Å². The van der Waals surface area contributed by atoms with Gasteiger partial charge in [-0.25, -0.2) is 15.0 Å². The van der Waals surface area contributed by atoms with Gasteiger partial charge in [-0.15, -0.1) is 0 Å². The van der Waals surface area contributed by atoms with E-state index in [1.54, 1.807) is 31.0 Å². The molecule has 0 aliphatic carbocycles. The normalized spacial score (nSPS) is 11.3. The Hall–Kier alpha value is -5.44. The van der Waals surface area contributed by atoms with Crippen molar-refractivity contribution < 1.29 is 4.74 Å². The first-order valence-electron chi connectivity index (χ1n) is 12.0. The van der Waals surface area contributed by atoms with Crippen LogP contribution in [0, 0.1) is 0 Å². The van der Waals surface area contributed by atoms with Gasteiger partial charge in [0, 0.05) is 53.2 Å². The molecule has 1 aromatic carbocycles. The fourth-order valence-electron chi connectivity index (χ4n) is 4.43. The summed E-state index contributed by atoms with van der Waals surface area (Å²) in [6, 6.07) is 19.9. The molecule has 7 rings (SSSR count). The lowest BCUT2D eigenvalue weighted by molar-refractivity contribution is 0.305. The van der Waals surface area contributed by atoms with E-state index < -0.39 is 0 Å². The molecule has 0 spiro atoms. The number of fused-ring (bicyclic) bond motifs is 2. The molecule has 38 heavy (non-hydrogen) atoms. The lowest BCUT2D eigenvalue weighted by Crippen LogP contribution is -1.96. The van der Waals surface area contributed by atoms with Gasteiger partial charge in [-0.3, -0.25) is 15.1 Å². The Bertz CT molecular complexity index is 1880. The number of hydrogen-bond acceptors (Lipinski definition) is 7. The average molecular weight is 497 g/mol. The average Bonchev–Trinajstić information content (AvgIpc) is 3.61. The second-order valence-corrected chi connectivity index (χ2v) is 8.76. The number of ether oxygens (including phenoxy) is 1. The smallest absolute Gasteiger partial charge is 0.181 e. The van der Waals surface area contributed by atoms with Gasteiger partial charge in [-0.05, 0) is 29.8 Å². The van der Waals surface area contributed by atoms with Gasteiger partial charge < -0.3 is 9.72 Å². The molecule has 0 bridgehead atoms. The highest BCUT2D eigenvalue weighted by Gasteiger charge is 2.17. The predicted octanol–water partition coefficient (Wildman–Crippen LogP) is 5.60. The minimum atomic E-state index is 0.469. The quantitative estimate of drug-likeness (QED) is 0.308. The SMILES string of the molecule is c1ccc(COc2cncc(-c3cnc4n[nH]c(-c5nc6nccc(-c7cccnc7)c6[nH]5)c4c3)c2)cc1. The second-order valence-electron chi connectivity index (χ2n) is 8.76. The lowest BCUT2D eigenvalue weighted by Gasteiger charge is -2.08. The van der Waals surface area contributed by atoms with Crippen LogP contribution in [0.1, 0.15) is 5.56 Å². The molecule has 6 heterocycles. The third kappa shape index (κ3) is 4.01. The first kappa shape index (κ1) is 21.8. The Morgan fingerprint density at radius 3 is 2.53 bits per heavy atom. The van der Waals surface area contributed by atoms with Gasteiger partial charge in [-0.2, -0.15) is 5.10 Å². The highest BCUT2D eigenvalue weighted by atomic mass is 16.5. The number of nitrogens with one attached hydrogen (secondary N) is 2. The molecular weight excluding hydrogens is 476 g/mol. The van der Waals surface area contributed by atoms with Gasteiger partial charge in [-0.1, -0.05) is 36.4 Å². The second kappa shape index (κ2) is 9.21. The minimum absolute atomic E-state index is 0.469. The number of H-pyrrole nitrogens is 2. The zero-order valence-corrected chi connectivity index (χ0v) is 20.0. The van der Waals surface area contributed by atoms with Crippen molar-refractivity contribution in [3.8, 4) is 39.5 Å². The molecule has 0 aliphatic rings. The van der Waals surface area contributed by atoms with Crippen LogP contribution in [0.4, 0.5) is 0 Å². The van der Waals surface area contributed by atoms with E-state index in [1.807, 2.05) is 66.9 Å². The summed E-state index contributed by atoms with van der Waals surface area (Å²) in [6.45, 7) is 0.469. The van der Waals surface area contributed by atoms with E-state index >= 15 is 0 Å². The number of aromatic amines is 2. The number of imidazole rings is 1. The molecule has 9 heteroatoms. The standard InChI is InChI=1S/C29H20N8O/c1-2-5-18(6-3-1)17-38-22-11-20(14-31-16-22)21-12-24-26(36-37-27(24)33-15-21)29-34-25-23(8-10-32-28(25)35-29)19-7-4-9-30-13-19/h1-16H,17H2,(H,32,34,35)(H,33,36,37). The van der Waals surface area contributed by atoms with E-state index in [9.17, 15) is 0 Å². The number of hydrogen-bond donors (Lipinski definition) is 2. The molecular formula is C29H20N8O. The van der Waals surface area contributed by atoms with Crippen LogP contribution in [0.2, 0.25) is 0 Å². The Morgan fingerprint density at radius 2 is 1.63 bits per heavy atom. The van der Waals surface area contributed by atoms with Crippen LogP contribution in [-0.4, -0.2) is 40.1 Å². The van der Waals surface area contributed by atoms with Gasteiger partial charge in [0.2, 0.25) is 0 Å². The topological polar surface area (TPSA) is 118 Å². The summed E-state index contributed by atoms with van der Waals surface area (Å²) >= 11 is 0. The Labute approximate surface area is 216 Å². The summed E-state index contributed by atoms with van der Waals surface area (Å²) < 4.78 is 5.97.